The maximum Gasteiger partial charge on any atom is 0.251 e. The Bertz CT molecular complexity index is 1450. The van der Waals surface area contributed by atoms with Gasteiger partial charge in [0.1, 0.15) is 6.04 Å². The van der Waals surface area contributed by atoms with Gasteiger partial charge in [-0.1, -0.05) is 78.3 Å². The molecule has 0 radical (unpaired) electrons. The van der Waals surface area contributed by atoms with E-state index in [0.29, 0.717) is 29.5 Å². The quantitative estimate of drug-likeness (QED) is 0.253. The summed E-state index contributed by atoms with van der Waals surface area (Å²) in [6.07, 6.45) is 0.179. The van der Waals surface area contributed by atoms with Crippen LogP contribution in [0, 0.1) is 6.92 Å². The zero-order chi connectivity index (χ0) is 28.6. The van der Waals surface area contributed by atoms with Gasteiger partial charge in [0.2, 0.25) is 5.91 Å². The van der Waals surface area contributed by atoms with Crippen LogP contribution in [0.15, 0.2) is 103 Å². The van der Waals surface area contributed by atoms with Gasteiger partial charge in [-0.05, 0) is 65.6 Å². The van der Waals surface area contributed by atoms with Crippen LogP contribution in [-0.2, 0) is 27.3 Å². The largest absolute Gasteiger partial charge is 0.378 e. The van der Waals surface area contributed by atoms with Gasteiger partial charge in [0.15, 0.2) is 0 Å². The number of halogens is 1. The molecule has 210 valence electrons. The lowest BCUT2D eigenvalue weighted by Gasteiger charge is -2.32. The van der Waals surface area contributed by atoms with Gasteiger partial charge in [-0.3, -0.25) is 9.59 Å². The predicted octanol–water partition coefficient (Wildman–Crippen LogP) is 6.44. The molecule has 2 amide bonds. The second-order valence-electron chi connectivity index (χ2n) is 10.2. The molecular formula is C34H34ClN3O3. The van der Waals surface area contributed by atoms with E-state index in [0.717, 1.165) is 35.5 Å². The van der Waals surface area contributed by atoms with Crippen molar-refractivity contribution in [3.05, 3.63) is 130 Å². The number of carbonyl (C=O) groups is 2. The lowest BCUT2D eigenvalue weighted by Crippen LogP contribution is -2.41. The molecule has 0 bridgehead atoms. The molecule has 1 fully saturated rings. The van der Waals surface area contributed by atoms with E-state index in [1.54, 1.807) is 17.0 Å². The minimum atomic E-state index is -0.873. The van der Waals surface area contributed by atoms with Crippen LogP contribution >= 0.6 is 11.6 Å². The fourth-order valence-corrected chi connectivity index (χ4v) is 5.20. The van der Waals surface area contributed by atoms with E-state index >= 15 is 0 Å². The van der Waals surface area contributed by atoms with Crippen molar-refractivity contribution in [3.63, 3.8) is 0 Å². The molecule has 1 aliphatic rings. The van der Waals surface area contributed by atoms with Gasteiger partial charge in [-0.25, -0.2) is 0 Å². The lowest BCUT2D eigenvalue weighted by molar-refractivity contribution is -0.139. The number of nitrogens with zero attached hydrogens (tertiary/aromatic N) is 2. The van der Waals surface area contributed by atoms with Crippen LogP contribution < -0.4 is 10.2 Å². The van der Waals surface area contributed by atoms with Crippen LogP contribution in [0.4, 0.5) is 11.4 Å². The van der Waals surface area contributed by atoms with E-state index < -0.39 is 6.04 Å². The smallest absolute Gasteiger partial charge is 0.251 e. The van der Waals surface area contributed by atoms with E-state index in [1.807, 2.05) is 97.9 Å². The Balaban J connectivity index is 1.47. The summed E-state index contributed by atoms with van der Waals surface area (Å²) in [6, 6.07) is 31.6. The SMILES string of the molecule is Cc1ccccc1CN(C(=O)Cc1ccccc1)C(C(=O)Nc1ccc(N2CCOCC2)cc1)c1ccc(Cl)cc1. The lowest BCUT2D eigenvalue weighted by atomic mass is 10.0. The first kappa shape index (κ1) is 28.4. The maximum absolute atomic E-state index is 14.1. The number of amides is 2. The highest BCUT2D eigenvalue weighted by Crippen LogP contribution is 2.29. The Labute approximate surface area is 246 Å². The summed E-state index contributed by atoms with van der Waals surface area (Å²) >= 11 is 6.21. The number of morpholine rings is 1. The Kier molecular flexibility index (Phi) is 9.34. The third-order valence-corrected chi connectivity index (χ3v) is 7.63. The van der Waals surface area contributed by atoms with Gasteiger partial charge in [0.05, 0.1) is 19.6 Å². The molecule has 7 heteroatoms. The normalized spacial score (nSPS) is 13.9. The second kappa shape index (κ2) is 13.5. The Morgan fingerprint density at radius 3 is 2.22 bits per heavy atom. The molecule has 0 aromatic heterocycles. The highest BCUT2D eigenvalue weighted by atomic mass is 35.5. The van der Waals surface area contributed by atoms with Gasteiger partial charge < -0.3 is 19.9 Å². The van der Waals surface area contributed by atoms with Crippen molar-refractivity contribution in [2.75, 3.05) is 36.5 Å². The van der Waals surface area contributed by atoms with Crippen molar-refractivity contribution < 1.29 is 14.3 Å². The van der Waals surface area contributed by atoms with Gasteiger partial charge in [-0.2, -0.15) is 0 Å². The monoisotopic (exact) mass is 567 g/mol. The number of aryl methyl sites for hydroxylation is 1. The average Bonchev–Trinajstić information content (AvgIpc) is 3.00. The number of anilines is 2. The van der Waals surface area contributed by atoms with Crippen LogP contribution in [-0.4, -0.2) is 43.0 Å². The van der Waals surface area contributed by atoms with Crippen LogP contribution in [0.3, 0.4) is 0 Å². The van der Waals surface area contributed by atoms with Gasteiger partial charge in [0, 0.05) is 36.0 Å². The fourth-order valence-electron chi connectivity index (χ4n) is 5.07. The topological polar surface area (TPSA) is 61.9 Å². The summed E-state index contributed by atoms with van der Waals surface area (Å²) < 4.78 is 5.46. The molecule has 5 rings (SSSR count). The van der Waals surface area contributed by atoms with Gasteiger partial charge >= 0.3 is 0 Å². The zero-order valence-electron chi connectivity index (χ0n) is 23.1. The zero-order valence-corrected chi connectivity index (χ0v) is 23.9. The van der Waals surface area contributed by atoms with Crippen molar-refractivity contribution in [2.45, 2.75) is 25.9 Å². The third-order valence-electron chi connectivity index (χ3n) is 7.38. The number of benzene rings is 4. The molecule has 1 unspecified atom stereocenters. The van der Waals surface area contributed by atoms with E-state index in [-0.39, 0.29) is 24.8 Å². The first-order chi connectivity index (χ1) is 20.0. The molecule has 4 aromatic carbocycles. The van der Waals surface area contributed by atoms with E-state index in [1.165, 1.54) is 0 Å². The number of hydrogen-bond donors (Lipinski definition) is 1. The number of hydrogen-bond acceptors (Lipinski definition) is 4. The minimum absolute atomic E-state index is 0.141. The van der Waals surface area contributed by atoms with Crippen LogP contribution in [0.25, 0.3) is 0 Å². The fraction of sp³-hybridized carbons (Fsp3) is 0.235. The van der Waals surface area contributed by atoms with Crippen molar-refractivity contribution in [3.8, 4) is 0 Å². The molecule has 1 saturated heterocycles. The molecule has 41 heavy (non-hydrogen) atoms. The molecule has 4 aromatic rings. The first-order valence-corrected chi connectivity index (χ1v) is 14.2. The summed E-state index contributed by atoms with van der Waals surface area (Å²) in [5.41, 5.74) is 5.36. The van der Waals surface area contributed by atoms with Crippen molar-refractivity contribution in [1.29, 1.82) is 0 Å². The first-order valence-electron chi connectivity index (χ1n) is 13.8. The molecule has 0 spiro atoms. The highest BCUT2D eigenvalue weighted by Gasteiger charge is 2.32. The summed E-state index contributed by atoms with van der Waals surface area (Å²) in [5.74, 6) is -0.432. The van der Waals surface area contributed by atoms with Crippen LogP contribution in [0.1, 0.15) is 28.3 Å². The van der Waals surface area contributed by atoms with Crippen molar-refractivity contribution >= 4 is 34.8 Å². The van der Waals surface area contributed by atoms with Crippen molar-refractivity contribution in [2.24, 2.45) is 0 Å². The predicted molar refractivity (Wildman–Crippen MR) is 164 cm³/mol. The number of nitrogens with one attached hydrogen (secondary N) is 1. The maximum atomic E-state index is 14.1. The van der Waals surface area contributed by atoms with Crippen LogP contribution in [0.2, 0.25) is 5.02 Å². The average molecular weight is 568 g/mol. The van der Waals surface area contributed by atoms with Gasteiger partial charge in [0.25, 0.3) is 5.91 Å². The molecule has 6 nitrogen and oxygen atoms in total. The number of rotatable bonds is 9. The van der Waals surface area contributed by atoms with Gasteiger partial charge in [-0.15, -0.1) is 0 Å². The van der Waals surface area contributed by atoms with E-state index in [4.69, 9.17) is 16.3 Å². The summed E-state index contributed by atoms with van der Waals surface area (Å²) in [7, 11) is 0. The van der Waals surface area contributed by atoms with E-state index in [9.17, 15) is 9.59 Å². The van der Waals surface area contributed by atoms with E-state index in [2.05, 4.69) is 10.2 Å². The number of ether oxygens (including phenoxy) is 1. The Hall–Kier alpha value is -4.13. The molecule has 0 aliphatic carbocycles. The molecule has 1 N–H and O–H groups in total. The highest BCUT2D eigenvalue weighted by molar-refractivity contribution is 6.30. The van der Waals surface area contributed by atoms with Crippen LogP contribution in [0.5, 0.6) is 0 Å². The third kappa shape index (κ3) is 7.34. The number of carbonyl (C=O) groups excluding carboxylic acids is 2. The Morgan fingerprint density at radius 2 is 1.54 bits per heavy atom. The Morgan fingerprint density at radius 1 is 0.878 bits per heavy atom. The summed E-state index contributed by atoms with van der Waals surface area (Å²) in [6.45, 7) is 5.38. The molecule has 1 aliphatic heterocycles. The molecular weight excluding hydrogens is 534 g/mol. The van der Waals surface area contributed by atoms with Crippen molar-refractivity contribution in [1.82, 2.24) is 4.90 Å². The second-order valence-corrected chi connectivity index (χ2v) is 10.6. The molecule has 0 saturated carbocycles. The summed E-state index contributed by atoms with van der Waals surface area (Å²) in [4.78, 5) is 32.0. The standard InChI is InChI=1S/C34H34ClN3O3/c1-25-7-5-6-10-28(25)24-38(32(39)23-26-8-3-2-4-9-26)33(27-11-13-29(35)14-12-27)34(40)36-30-15-17-31(18-16-30)37-19-21-41-22-20-37/h2-18,33H,19-24H2,1H3,(H,36,40). The molecule has 1 heterocycles. The molecule has 1 atom stereocenters. The minimum Gasteiger partial charge on any atom is -0.378 e. The summed E-state index contributed by atoms with van der Waals surface area (Å²) in [5, 5.41) is 3.64.